The molecular weight excluding hydrogens is 312 g/mol. The van der Waals surface area contributed by atoms with Gasteiger partial charge in [0.1, 0.15) is 11.1 Å². The number of hydrogen-bond acceptors (Lipinski definition) is 4. The number of nitriles is 1. The molecule has 1 heterocycles. The van der Waals surface area contributed by atoms with E-state index < -0.39 is 11.9 Å². The number of amides is 1. The Bertz CT molecular complexity index is 705. The smallest absolute Gasteiger partial charge is 0.328 e. The lowest BCUT2D eigenvalue weighted by molar-refractivity contribution is -0.131. The van der Waals surface area contributed by atoms with E-state index >= 15 is 0 Å². The number of carboxylic acid groups (broad SMARTS) is 1. The standard InChI is InChI=1S/C17H20N2O3S/c1-17(2,3)10-4-5-11-12(9-18)16(23-13(11)8-10)19-14(20)6-7-15(21)22/h6-7,10H,4-5,8H2,1-3H3,(H,19,20)(H,21,22)/b7-6-/t10-/m0/s1. The molecule has 1 aliphatic carbocycles. The number of aliphatic carboxylic acids is 1. The number of thiophene rings is 1. The fourth-order valence-electron chi connectivity index (χ4n) is 2.83. The average molecular weight is 332 g/mol. The second-order valence-electron chi connectivity index (χ2n) is 6.79. The van der Waals surface area contributed by atoms with E-state index in [1.807, 2.05) is 0 Å². The molecule has 23 heavy (non-hydrogen) atoms. The van der Waals surface area contributed by atoms with E-state index in [4.69, 9.17) is 5.11 Å². The molecule has 0 spiro atoms. The molecule has 1 atom stereocenters. The van der Waals surface area contributed by atoms with Crippen molar-refractivity contribution in [2.75, 3.05) is 5.32 Å². The minimum atomic E-state index is -1.18. The van der Waals surface area contributed by atoms with Crippen molar-refractivity contribution in [3.8, 4) is 6.07 Å². The lowest BCUT2D eigenvalue weighted by Gasteiger charge is -2.33. The Balaban J connectivity index is 2.24. The first kappa shape index (κ1) is 17.2. The van der Waals surface area contributed by atoms with Gasteiger partial charge >= 0.3 is 5.97 Å². The van der Waals surface area contributed by atoms with E-state index in [2.05, 4.69) is 32.2 Å². The average Bonchev–Trinajstić information content (AvgIpc) is 2.80. The van der Waals surface area contributed by atoms with Gasteiger partial charge in [-0.05, 0) is 36.2 Å². The molecule has 5 nitrogen and oxygen atoms in total. The van der Waals surface area contributed by atoms with E-state index in [0.717, 1.165) is 41.9 Å². The third-order valence-electron chi connectivity index (χ3n) is 4.22. The molecular formula is C17H20N2O3S. The van der Waals surface area contributed by atoms with Crippen LogP contribution >= 0.6 is 11.3 Å². The highest BCUT2D eigenvalue weighted by Crippen LogP contribution is 2.43. The maximum Gasteiger partial charge on any atom is 0.328 e. The van der Waals surface area contributed by atoms with E-state index in [-0.39, 0.29) is 5.41 Å². The van der Waals surface area contributed by atoms with Crippen LogP contribution in [0.15, 0.2) is 12.2 Å². The normalized spacial score (nSPS) is 17.6. The van der Waals surface area contributed by atoms with Gasteiger partial charge in [-0.2, -0.15) is 5.26 Å². The number of anilines is 1. The third kappa shape index (κ3) is 3.99. The van der Waals surface area contributed by atoms with Gasteiger partial charge in [0.15, 0.2) is 0 Å². The Labute approximate surface area is 139 Å². The fraction of sp³-hybridized carbons (Fsp3) is 0.471. The third-order valence-corrected chi connectivity index (χ3v) is 5.39. The molecule has 0 fully saturated rings. The Kier molecular flexibility index (Phi) is 4.90. The number of fused-ring (bicyclic) bond motifs is 1. The fourth-order valence-corrected chi connectivity index (χ4v) is 4.11. The zero-order valence-electron chi connectivity index (χ0n) is 13.5. The molecule has 0 unspecified atom stereocenters. The minimum absolute atomic E-state index is 0.210. The number of rotatable bonds is 3. The summed E-state index contributed by atoms with van der Waals surface area (Å²) in [5, 5.41) is 21.1. The van der Waals surface area contributed by atoms with Gasteiger partial charge in [-0.3, -0.25) is 4.79 Å². The molecule has 0 saturated heterocycles. The van der Waals surface area contributed by atoms with Crippen molar-refractivity contribution < 1.29 is 14.7 Å². The highest BCUT2D eigenvalue weighted by Gasteiger charge is 2.32. The summed E-state index contributed by atoms with van der Waals surface area (Å²) < 4.78 is 0. The maximum atomic E-state index is 11.8. The molecule has 2 rings (SSSR count). The van der Waals surface area contributed by atoms with Crippen LogP contribution in [0.5, 0.6) is 0 Å². The number of hydrogen-bond donors (Lipinski definition) is 2. The van der Waals surface area contributed by atoms with Crippen LogP contribution in [0.3, 0.4) is 0 Å². The highest BCUT2D eigenvalue weighted by molar-refractivity contribution is 7.16. The van der Waals surface area contributed by atoms with E-state index in [1.54, 1.807) is 0 Å². The number of nitrogens with one attached hydrogen (secondary N) is 1. The van der Waals surface area contributed by atoms with Gasteiger partial charge in [-0.25, -0.2) is 4.79 Å². The predicted octanol–water partition coefficient (Wildman–Crippen LogP) is 3.35. The summed E-state index contributed by atoms with van der Waals surface area (Å²) in [4.78, 5) is 23.4. The first-order valence-electron chi connectivity index (χ1n) is 7.49. The molecule has 0 bridgehead atoms. The summed E-state index contributed by atoms with van der Waals surface area (Å²) in [6.07, 6.45) is 4.54. The first-order valence-corrected chi connectivity index (χ1v) is 8.30. The number of carboxylic acids is 1. The summed E-state index contributed by atoms with van der Waals surface area (Å²) in [5.41, 5.74) is 1.77. The highest BCUT2D eigenvalue weighted by atomic mass is 32.1. The summed E-state index contributed by atoms with van der Waals surface area (Å²) in [6.45, 7) is 6.67. The van der Waals surface area contributed by atoms with Crippen LogP contribution in [0.4, 0.5) is 5.00 Å². The molecule has 1 amide bonds. The molecule has 0 radical (unpaired) electrons. The van der Waals surface area contributed by atoms with Gasteiger partial charge in [0.05, 0.1) is 5.56 Å². The van der Waals surface area contributed by atoms with Crippen LogP contribution in [0, 0.1) is 22.7 Å². The van der Waals surface area contributed by atoms with Crippen molar-refractivity contribution in [3.05, 3.63) is 28.2 Å². The van der Waals surface area contributed by atoms with Gasteiger partial charge in [0, 0.05) is 17.0 Å². The van der Waals surface area contributed by atoms with Gasteiger partial charge in [0.2, 0.25) is 5.91 Å². The monoisotopic (exact) mass is 332 g/mol. The second kappa shape index (κ2) is 6.55. The molecule has 1 aliphatic rings. The molecule has 0 aliphatic heterocycles. The Morgan fingerprint density at radius 3 is 2.65 bits per heavy atom. The van der Waals surface area contributed by atoms with E-state index in [1.165, 1.54) is 11.3 Å². The molecule has 1 aromatic heterocycles. The van der Waals surface area contributed by atoms with Gasteiger partial charge in [-0.1, -0.05) is 20.8 Å². The maximum absolute atomic E-state index is 11.8. The summed E-state index contributed by atoms with van der Waals surface area (Å²) >= 11 is 1.43. The van der Waals surface area contributed by atoms with Crippen molar-refractivity contribution >= 4 is 28.2 Å². The number of carbonyl (C=O) groups excluding carboxylic acids is 1. The second-order valence-corrected chi connectivity index (χ2v) is 7.89. The van der Waals surface area contributed by atoms with Crippen LogP contribution < -0.4 is 5.32 Å². The van der Waals surface area contributed by atoms with Crippen molar-refractivity contribution in [2.24, 2.45) is 11.3 Å². The first-order chi connectivity index (χ1) is 10.7. The Morgan fingerprint density at radius 2 is 2.09 bits per heavy atom. The summed E-state index contributed by atoms with van der Waals surface area (Å²) in [6, 6.07) is 2.18. The van der Waals surface area contributed by atoms with Crippen molar-refractivity contribution in [3.63, 3.8) is 0 Å². The predicted molar refractivity (Wildman–Crippen MR) is 89.4 cm³/mol. The molecule has 0 saturated carbocycles. The number of nitrogens with zero attached hydrogens (tertiary/aromatic N) is 1. The van der Waals surface area contributed by atoms with Crippen LogP contribution in [-0.2, 0) is 22.4 Å². The van der Waals surface area contributed by atoms with Crippen molar-refractivity contribution in [2.45, 2.75) is 40.0 Å². The largest absolute Gasteiger partial charge is 0.478 e. The molecule has 0 aromatic carbocycles. The van der Waals surface area contributed by atoms with Crippen molar-refractivity contribution in [1.29, 1.82) is 5.26 Å². The quantitative estimate of drug-likeness (QED) is 0.831. The summed E-state index contributed by atoms with van der Waals surface area (Å²) in [7, 11) is 0. The summed E-state index contributed by atoms with van der Waals surface area (Å²) in [5.74, 6) is -1.16. The zero-order valence-corrected chi connectivity index (χ0v) is 14.3. The Morgan fingerprint density at radius 1 is 1.39 bits per heavy atom. The number of carbonyl (C=O) groups is 2. The van der Waals surface area contributed by atoms with E-state index in [9.17, 15) is 14.9 Å². The lowest BCUT2D eigenvalue weighted by atomic mass is 9.72. The van der Waals surface area contributed by atoms with Crippen LogP contribution in [-0.4, -0.2) is 17.0 Å². The Hall–Kier alpha value is -2.13. The lowest BCUT2D eigenvalue weighted by Crippen LogP contribution is -2.26. The molecule has 122 valence electrons. The van der Waals surface area contributed by atoms with Gasteiger partial charge in [-0.15, -0.1) is 11.3 Å². The minimum Gasteiger partial charge on any atom is -0.478 e. The zero-order chi connectivity index (χ0) is 17.2. The van der Waals surface area contributed by atoms with Gasteiger partial charge < -0.3 is 10.4 Å². The van der Waals surface area contributed by atoms with Crippen LogP contribution in [0.1, 0.15) is 43.2 Å². The van der Waals surface area contributed by atoms with Crippen LogP contribution in [0.2, 0.25) is 0 Å². The topological polar surface area (TPSA) is 90.2 Å². The SMILES string of the molecule is CC(C)(C)[C@H]1CCc2c(sc(NC(=O)/C=C\C(=O)O)c2C#N)C1. The molecule has 2 N–H and O–H groups in total. The van der Waals surface area contributed by atoms with Gasteiger partial charge in [0.25, 0.3) is 0 Å². The van der Waals surface area contributed by atoms with Crippen molar-refractivity contribution in [1.82, 2.24) is 0 Å². The molecule has 6 heteroatoms. The van der Waals surface area contributed by atoms with Crippen LogP contribution in [0.25, 0.3) is 0 Å². The molecule has 1 aromatic rings. The van der Waals surface area contributed by atoms with E-state index in [0.29, 0.717) is 16.5 Å².